The number of rotatable bonds is 8. The van der Waals surface area contributed by atoms with Crippen molar-refractivity contribution in [2.75, 3.05) is 20.1 Å². The number of halogens is 1. The number of guanidine groups is 1. The summed E-state index contributed by atoms with van der Waals surface area (Å²) in [5.74, 6) is 1.92. The maximum Gasteiger partial charge on any atom is 0.193 e. The minimum atomic E-state index is 0. The molecule has 0 aliphatic rings. The molecule has 29 heavy (non-hydrogen) atoms. The first-order chi connectivity index (χ1) is 13.7. The molecule has 0 unspecified atom stereocenters. The third kappa shape index (κ3) is 6.42. The number of aryl methyl sites for hydroxylation is 2. The van der Waals surface area contributed by atoms with E-state index in [9.17, 15) is 0 Å². The molecule has 1 N–H and O–H groups in total. The van der Waals surface area contributed by atoms with Gasteiger partial charge in [-0.25, -0.2) is 0 Å². The van der Waals surface area contributed by atoms with Gasteiger partial charge in [0.15, 0.2) is 11.6 Å². The van der Waals surface area contributed by atoms with Crippen molar-refractivity contribution in [3.05, 3.63) is 65.6 Å². The molecule has 0 saturated heterocycles. The van der Waals surface area contributed by atoms with Gasteiger partial charge in [-0.1, -0.05) is 37.3 Å². The van der Waals surface area contributed by atoms with Crippen LogP contribution in [-0.4, -0.2) is 45.6 Å². The van der Waals surface area contributed by atoms with Gasteiger partial charge >= 0.3 is 0 Å². The standard InChI is InChI=1S/C22H30N6.HI/c1-4-18-11-13-19(14-12-18)17-27(3)22(23-5-2)24-15-8-10-21-26-25-20-9-6-7-16-28(20)21;/h6-7,9,11-14,16H,4-5,8,10,15,17H2,1-3H3,(H,23,24);1H. The van der Waals surface area contributed by atoms with E-state index in [1.165, 1.54) is 11.1 Å². The van der Waals surface area contributed by atoms with Gasteiger partial charge in [0.25, 0.3) is 0 Å². The van der Waals surface area contributed by atoms with E-state index in [1.54, 1.807) is 0 Å². The SMILES string of the molecule is CCNC(=NCCCc1nnc2ccccn12)N(C)Cc1ccc(CC)cc1.I. The van der Waals surface area contributed by atoms with Crippen LogP contribution in [0.5, 0.6) is 0 Å². The number of aromatic nitrogens is 3. The Morgan fingerprint density at radius 3 is 2.55 bits per heavy atom. The summed E-state index contributed by atoms with van der Waals surface area (Å²) in [4.78, 5) is 6.97. The van der Waals surface area contributed by atoms with Crippen molar-refractivity contribution in [1.29, 1.82) is 0 Å². The molecule has 3 rings (SSSR count). The molecule has 0 amide bonds. The van der Waals surface area contributed by atoms with E-state index in [0.29, 0.717) is 0 Å². The minimum Gasteiger partial charge on any atom is -0.357 e. The summed E-state index contributed by atoms with van der Waals surface area (Å²) in [6, 6.07) is 14.8. The van der Waals surface area contributed by atoms with E-state index in [1.807, 2.05) is 28.8 Å². The van der Waals surface area contributed by atoms with Crippen molar-refractivity contribution >= 4 is 35.6 Å². The van der Waals surface area contributed by atoms with Crippen molar-refractivity contribution in [3.63, 3.8) is 0 Å². The van der Waals surface area contributed by atoms with Crippen LogP contribution in [0, 0.1) is 0 Å². The summed E-state index contributed by atoms with van der Waals surface area (Å²) in [6.07, 6.45) is 4.87. The average molecular weight is 506 g/mol. The fourth-order valence-corrected chi connectivity index (χ4v) is 3.18. The van der Waals surface area contributed by atoms with Crippen LogP contribution in [0.4, 0.5) is 0 Å². The van der Waals surface area contributed by atoms with Gasteiger partial charge in [-0.05, 0) is 43.0 Å². The fourth-order valence-electron chi connectivity index (χ4n) is 3.18. The van der Waals surface area contributed by atoms with Gasteiger partial charge in [0.1, 0.15) is 5.82 Å². The van der Waals surface area contributed by atoms with E-state index < -0.39 is 0 Å². The number of aliphatic imine (C=N–C) groups is 1. The normalized spacial score (nSPS) is 11.3. The van der Waals surface area contributed by atoms with Crippen LogP contribution < -0.4 is 5.32 Å². The number of benzene rings is 1. The first-order valence-corrected chi connectivity index (χ1v) is 10.1. The van der Waals surface area contributed by atoms with E-state index in [2.05, 4.69) is 65.6 Å². The summed E-state index contributed by atoms with van der Waals surface area (Å²) in [5, 5.41) is 11.9. The van der Waals surface area contributed by atoms with Crippen molar-refractivity contribution in [2.45, 2.75) is 39.7 Å². The second kappa shape index (κ2) is 11.7. The van der Waals surface area contributed by atoms with Crippen molar-refractivity contribution in [3.8, 4) is 0 Å². The largest absolute Gasteiger partial charge is 0.357 e. The first kappa shape index (κ1) is 23.1. The van der Waals surface area contributed by atoms with Gasteiger partial charge in [-0.2, -0.15) is 0 Å². The molecule has 0 aliphatic carbocycles. The molecule has 0 fully saturated rings. The van der Waals surface area contributed by atoms with Crippen LogP contribution >= 0.6 is 24.0 Å². The smallest absolute Gasteiger partial charge is 0.193 e. The second-order valence-corrected chi connectivity index (χ2v) is 6.91. The van der Waals surface area contributed by atoms with E-state index in [-0.39, 0.29) is 24.0 Å². The van der Waals surface area contributed by atoms with Crippen LogP contribution in [-0.2, 0) is 19.4 Å². The maximum atomic E-state index is 4.80. The van der Waals surface area contributed by atoms with Crippen LogP contribution in [0.3, 0.4) is 0 Å². The lowest BCUT2D eigenvalue weighted by Crippen LogP contribution is -2.38. The van der Waals surface area contributed by atoms with Gasteiger partial charge in [0, 0.05) is 39.3 Å². The number of nitrogens with zero attached hydrogens (tertiary/aromatic N) is 5. The highest BCUT2D eigenvalue weighted by molar-refractivity contribution is 14.0. The van der Waals surface area contributed by atoms with Gasteiger partial charge in [-0.15, -0.1) is 34.2 Å². The lowest BCUT2D eigenvalue weighted by atomic mass is 10.1. The Hall–Kier alpha value is -2.16. The van der Waals surface area contributed by atoms with Crippen LogP contribution in [0.25, 0.3) is 5.65 Å². The Morgan fingerprint density at radius 2 is 1.83 bits per heavy atom. The average Bonchev–Trinajstić information content (AvgIpc) is 3.14. The lowest BCUT2D eigenvalue weighted by Gasteiger charge is -2.22. The second-order valence-electron chi connectivity index (χ2n) is 6.91. The maximum absolute atomic E-state index is 4.80. The summed E-state index contributed by atoms with van der Waals surface area (Å²) in [6.45, 7) is 6.72. The Morgan fingerprint density at radius 1 is 1.07 bits per heavy atom. The predicted molar refractivity (Wildman–Crippen MR) is 130 cm³/mol. The summed E-state index contributed by atoms with van der Waals surface area (Å²) < 4.78 is 2.04. The quantitative estimate of drug-likeness (QED) is 0.218. The van der Waals surface area contributed by atoms with Crippen molar-refractivity contribution in [2.24, 2.45) is 4.99 Å². The summed E-state index contributed by atoms with van der Waals surface area (Å²) in [7, 11) is 2.08. The Kier molecular flexibility index (Phi) is 9.37. The molecule has 1 aromatic carbocycles. The highest BCUT2D eigenvalue weighted by atomic mass is 127. The Labute approximate surface area is 190 Å². The highest BCUT2D eigenvalue weighted by Gasteiger charge is 2.07. The first-order valence-electron chi connectivity index (χ1n) is 10.1. The van der Waals surface area contributed by atoms with E-state index in [0.717, 1.165) is 56.3 Å². The van der Waals surface area contributed by atoms with Gasteiger partial charge in [0.05, 0.1) is 0 Å². The molecule has 2 heterocycles. The zero-order valence-electron chi connectivity index (χ0n) is 17.5. The molecule has 0 saturated carbocycles. The lowest BCUT2D eigenvalue weighted by molar-refractivity contribution is 0.476. The Balaban J connectivity index is 0.00000300. The van der Waals surface area contributed by atoms with Gasteiger partial charge < -0.3 is 10.2 Å². The fraction of sp³-hybridized carbons (Fsp3) is 0.409. The van der Waals surface area contributed by atoms with Gasteiger partial charge in [0.2, 0.25) is 0 Å². The molecule has 0 aliphatic heterocycles. The molecule has 0 spiro atoms. The molecule has 7 heteroatoms. The molecule has 0 radical (unpaired) electrons. The van der Waals surface area contributed by atoms with Crippen molar-refractivity contribution < 1.29 is 0 Å². The monoisotopic (exact) mass is 506 g/mol. The minimum absolute atomic E-state index is 0. The summed E-state index contributed by atoms with van der Waals surface area (Å²) >= 11 is 0. The topological polar surface area (TPSA) is 57.8 Å². The van der Waals surface area contributed by atoms with Gasteiger partial charge in [-0.3, -0.25) is 9.39 Å². The number of nitrogens with one attached hydrogen (secondary N) is 1. The molecule has 0 atom stereocenters. The van der Waals surface area contributed by atoms with E-state index in [4.69, 9.17) is 4.99 Å². The molecule has 3 aromatic rings. The molecule has 0 bridgehead atoms. The number of fused-ring (bicyclic) bond motifs is 1. The predicted octanol–water partition coefficient (Wildman–Crippen LogP) is 3.94. The molecule has 156 valence electrons. The van der Waals surface area contributed by atoms with Crippen molar-refractivity contribution in [1.82, 2.24) is 24.8 Å². The van der Waals surface area contributed by atoms with Crippen LogP contribution in [0.15, 0.2) is 53.7 Å². The highest BCUT2D eigenvalue weighted by Crippen LogP contribution is 2.08. The van der Waals surface area contributed by atoms with E-state index >= 15 is 0 Å². The van der Waals surface area contributed by atoms with Crippen LogP contribution in [0.2, 0.25) is 0 Å². The van der Waals surface area contributed by atoms with Crippen LogP contribution in [0.1, 0.15) is 37.2 Å². The summed E-state index contributed by atoms with van der Waals surface area (Å²) in [5.41, 5.74) is 3.55. The number of pyridine rings is 1. The third-order valence-corrected chi connectivity index (χ3v) is 4.75. The molecular formula is C22H31IN6. The third-order valence-electron chi connectivity index (χ3n) is 4.75. The number of hydrogen-bond acceptors (Lipinski definition) is 3. The number of hydrogen-bond donors (Lipinski definition) is 1. The Bertz CT molecular complexity index is 903. The molecule has 2 aromatic heterocycles. The molecule has 6 nitrogen and oxygen atoms in total. The zero-order chi connectivity index (χ0) is 19.8. The zero-order valence-corrected chi connectivity index (χ0v) is 19.8. The molecular weight excluding hydrogens is 475 g/mol.